The summed E-state index contributed by atoms with van der Waals surface area (Å²) in [5.74, 6) is -2.27. The Labute approximate surface area is 170 Å². The fourth-order valence-corrected chi connectivity index (χ4v) is 4.36. The molecule has 1 fully saturated rings. The van der Waals surface area contributed by atoms with Gasteiger partial charge in [0.15, 0.2) is 0 Å². The molecule has 29 heavy (non-hydrogen) atoms. The number of fused-ring (bicyclic) bond motifs is 1. The molecule has 1 saturated heterocycles. The van der Waals surface area contributed by atoms with Crippen LogP contribution in [0.3, 0.4) is 0 Å². The fourth-order valence-electron chi connectivity index (χ4n) is 4.36. The van der Waals surface area contributed by atoms with Crippen LogP contribution >= 0.6 is 0 Å². The summed E-state index contributed by atoms with van der Waals surface area (Å²) >= 11 is 0. The maximum atomic E-state index is 14.3. The average molecular weight is 399 g/mol. The molecule has 4 rings (SSSR count). The normalized spacial score (nSPS) is 19.7. The van der Waals surface area contributed by atoms with Crippen LogP contribution in [-0.2, 0) is 12.8 Å². The summed E-state index contributed by atoms with van der Waals surface area (Å²) in [6.07, 6.45) is 2.29. The number of amides is 1. The third-order valence-electron chi connectivity index (χ3n) is 6.15. The molecule has 1 aliphatic heterocycles. The molecule has 1 N–H and O–H groups in total. The number of nitrogens with zero attached hydrogens (tertiary/aromatic N) is 2. The first-order valence-corrected chi connectivity index (χ1v) is 10.2. The highest BCUT2D eigenvalue weighted by Gasteiger charge is 2.27. The van der Waals surface area contributed by atoms with Gasteiger partial charge in [0.2, 0.25) is 0 Å². The van der Waals surface area contributed by atoms with Crippen molar-refractivity contribution in [2.75, 3.05) is 38.1 Å². The molecule has 2 aromatic rings. The predicted molar refractivity (Wildman–Crippen MR) is 111 cm³/mol. The smallest absolute Gasteiger partial charge is 0.257 e. The topological polar surface area (TPSA) is 35.6 Å². The largest absolute Gasteiger partial charge is 0.369 e. The number of benzene rings is 2. The Morgan fingerprint density at radius 2 is 1.86 bits per heavy atom. The lowest BCUT2D eigenvalue weighted by atomic mass is 9.86. The van der Waals surface area contributed by atoms with Gasteiger partial charge in [0, 0.05) is 37.9 Å². The van der Waals surface area contributed by atoms with Gasteiger partial charge < -0.3 is 15.1 Å². The van der Waals surface area contributed by atoms with Gasteiger partial charge >= 0.3 is 0 Å². The van der Waals surface area contributed by atoms with Gasteiger partial charge in [0.1, 0.15) is 17.2 Å². The second-order valence-corrected chi connectivity index (χ2v) is 8.17. The lowest BCUT2D eigenvalue weighted by Gasteiger charge is -2.37. The zero-order valence-electron chi connectivity index (χ0n) is 17.0. The van der Waals surface area contributed by atoms with Crippen molar-refractivity contribution in [2.24, 2.45) is 0 Å². The highest BCUT2D eigenvalue weighted by molar-refractivity contribution is 5.95. The van der Waals surface area contributed by atoms with Crippen molar-refractivity contribution in [3.63, 3.8) is 0 Å². The van der Waals surface area contributed by atoms with E-state index in [4.69, 9.17) is 0 Å². The molecule has 2 aromatic carbocycles. The molecule has 1 amide bonds. The van der Waals surface area contributed by atoms with Crippen molar-refractivity contribution < 1.29 is 13.6 Å². The molecule has 0 radical (unpaired) electrons. The lowest BCUT2D eigenvalue weighted by molar-refractivity contribution is 0.0925. The summed E-state index contributed by atoms with van der Waals surface area (Å²) in [5.41, 5.74) is 3.56. The van der Waals surface area contributed by atoms with Crippen molar-refractivity contribution in [1.29, 1.82) is 0 Å². The molecular weight excluding hydrogens is 372 g/mol. The molecule has 1 heterocycles. The third-order valence-corrected chi connectivity index (χ3v) is 6.15. The second kappa shape index (κ2) is 8.11. The highest BCUT2D eigenvalue weighted by atomic mass is 19.1. The zero-order chi connectivity index (χ0) is 20.5. The summed E-state index contributed by atoms with van der Waals surface area (Å²) in [5, 5.41) is 2.88. The Morgan fingerprint density at radius 3 is 2.62 bits per heavy atom. The van der Waals surface area contributed by atoms with E-state index in [9.17, 15) is 13.6 Å². The molecule has 1 aliphatic carbocycles. The van der Waals surface area contributed by atoms with Crippen molar-refractivity contribution >= 4 is 11.6 Å². The number of nitrogens with one attached hydrogen (secondary N) is 1. The van der Waals surface area contributed by atoms with Crippen molar-refractivity contribution in [1.82, 2.24) is 10.2 Å². The van der Waals surface area contributed by atoms with Crippen LogP contribution in [0, 0.1) is 18.6 Å². The maximum Gasteiger partial charge on any atom is 0.257 e. The van der Waals surface area contributed by atoms with Crippen LogP contribution in [0.5, 0.6) is 0 Å². The quantitative estimate of drug-likeness (QED) is 0.860. The summed E-state index contributed by atoms with van der Waals surface area (Å²) < 4.78 is 28.4. The number of hydrogen-bond acceptors (Lipinski definition) is 3. The first-order valence-electron chi connectivity index (χ1n) is 10.2. The third kappa shape index (κ3) is 3.99. The Morgan fingerprint density at radius 1 is 1.10 bits per heavy atom. The number of piperazine rings is 1. The van der Waals surface area contributed by atoms with Gasteiger partial charge in [-0.1, -0.05) is 18.2 Å². The van der Waals surface area contributed by atoms with Crippen LogP contribution < -0.4 is 10.2 Å². The molecule has 0 bridgehead atoms. The molecule has 0 spiro atoms. The maximum absolute atomic E-state index is 14.3. The number of carbonyl (C=O) groups is 1. The molecule has 6 heteroatoms. The SMILES string of the molecule is Cc1ccc(F)c(C(=O)N[C@@H]2CCc3cccc(N4CCN(C)CC4)c3C2)c1F. The molecule has 4 nitrogen and oxygen atoms in total. The van der Waals surface area contributed by atoms with Crippen LogP contribution in [0.25, 0.3) is 0 Å². The molecular formula is C23H27F2N3O. The van der Waals surface area contributed by atoms with E-state index < -0.39 is 23.1 Å². The average Bonchev–Trinajstić information content (AvgIpc) is 2.71. The van der Waals surface area contributed by atoms with E-state index in [0.29, 0.717) is 6.42 Å². The van der Waals surface area contributed by atoms with Gasteiger partial charge in [-0.15, -0.1) is 0 Å². The van der Waals surface area contributed by atoms with Gasteiger partial charge in [0.05, 0.1) is 0 Å². The van der Waals surface area contributed by atoms with Gasteiger partial charge in [-0.2, -0.15) is 0 Å². The van der Waals surface area contributed by atoms with Crippen LogP contribution in [-0.4, -0.2) is 50.1 Å². The van der Waals surface area contributed by atoms with Crippen molar-refractivity contribution in [3.8, 4) is 0 Å². The van der Waals surface area contributed by atoms with Crippen LogP contribution in [0.15, 0.2) is 30.3 Å². The van der Waals surface area contributed by atoms with E-state index in [-0.39, 0.29) is 11.6 Å². The number of halogens is 2. The number of likely N-dealkylation sites (N-methyl/N-ethyl adjacent to an activating group) is 1. The van der Waals surface area contributed by atoms with E-state index in [1.165, 1.54) is 29.8 Å². The van der Waals surface area contributed by atoms with Gasteiger partial charge in [-0.3, -0.25) is 4.79 Å². The number of carbonyl (C=O) groups excluding carboxylic acids is 1. The minimum absolute atomic E-state index is 0.136. The van der Waals surface area contributed by atoms with Crippen LogP contribution in [0.4, 0.5) is 14.5 Å². The van der Waals surface area contributed by atoms with Crippen molar-refractivity contribution in [3.05, 3.63) is 64.2 Å². The van der Waals surface area contributed by atoms with E-state index >= 15 is 0 Å². The number of anilines is 1. The fraction of sp³-hybridized carbons (Fsp3) is 0.435. The Bertz CT molecular complexity index is 923. The van der Waals surface area contributed by atoms with Gasteiger partial charge in [-0.05, 0) is 62.1 Å². The van der Waals surface area contributed by atoms with Crippen molar-refractivity contribution in [2.45, 2.75) is 32.2 Å². The first-order chi connectivity index (χ1) is 13.9. The van der Waals surface area contributed by atoms with E-state index in [2.05, 4.69) is 40.4 Å². The Kier molecular flexibility index (Phi) is 5.54. The van der Waals surface area contributed by atoms with Crippen LogP contribution in [0.1, 0.15) is 33.5 Å². The van der Waals surface area contributed by atoms with E-state index in [1.807, 2.05) is 0 Å². The highest BCUT2D eigenvalue weighted by Crippen LogP contribution is 2.31. The lowest BCUT2D eigenvalue weighted by Crippen LogP contribution is -2.45. The summed E-state index contributed by atoms with van der Waals surface area (Å²) in [6.45, 7) is 5.53. The number of rotatable bonds is 3. The summed E-state index contributed by atoms with van der Waals surface area (Å²) in [7, 11) is 2.13. The molecule has 0 unspecified atom stereocenters. The molecule has 1 atom stereocenters. The molecule has 154 valence electrons. The molecule has 0 saturated carbocycles. The minimum atomic E-state index is -0.820. The van der Waals surface area contributed by atoms with Crippen LogP contribution in [0.2, 0.25) is 0 Å². The number of hydrogen-bond donors (Lipinski definition) is 1. The Balaban J connectivity index is 1.53. The Hall–Kier alpha value is -2.47. The summed E-state index contributed by atoms with van der Waals surface area (Å²) in [6, 6.07) is 8.75. The zero-order valence-corrected chi connectivity index (χ0v) is 17.0. The predicted octanol–water partition coefficient (Wildman–Crippen LogP) is 3.31. The van der Waals surface area contributed by atoms with E-state index in [0.717, 1.165) is 45.1 Å². The summed E-state index contributed by atoms with van der Waals surface area (Å²) in [4.78, 5) is 17.4. The van der Waals surface area contributed by atoms with Gasteiger partial charge in [-0.25, -0.2) is 8.78 Å². The van der Waals surface area contributed by atoms with Gasteiger partial charge in [0.25, 0.3) is 5.91 Å². The monoisotopic (exact) mass is 399 g/mol. The standard InChI is InChI=1S/C23H27F2N3O/c1-15-6-9-19(24)21(22(15)25)23(29)26-17-8-7-16-4-3-5-20(18(16)14-17)28-12-10-27(2)11-13-28/h3-6,9,17H,7-8,10-14H2,1-2H3,(H,26,29)/t17-/m1/s1. The molecule has 0 aromatic heterocycles. The number of aryl methyl sites for hydroxylation is 2. The second-order valence-electron chi connectivity index (χ2n) is 8.17. The first kappa shape index (κ1) is 19.8. The minimum Gasteiger partial charge on any atom is -0.369 e. The van der Waals surface area contributed by atoms with E-state index in [1.54, 1.807) is 0 Å². The molecule has 2 aliphatic rings.